The van der Waals surface area contributed by atoms with Crippen LogP contribution in [-0.2, 0) is 11.2 Å². The second-order valence-corrected chi connectivity index (χ2v) is 6.97. The third kappa shape index (κ3) is 4.46. The van der Waals surface area contributed by atoms with E-state index in [4.69, 9.17) is 0 Å². The minimum atomic E-state index is -0.788. The predicted molar refractivity (Wildman–Crippen MR) is 82.0 cm³/mol. The lowest BCUT2D eigenvalue weighted by atomic mass is 9.71. The minimum absolute atomic E-state index is 0.130. The van der Waals surface area contributed by atoms with Crippen molar-refractivity contribution in [2.45, 2.75) is 51.6 Å². The Balaban J connectivity index is 1.83. The van der Waals surface area contributed by atoms with Crippen molar-refractivity contribution in [3.8, 4) is 5.75 Å². The SMILES string of the molecule is CC1(C)CCC(O)(CNC(=O)Cc2ccccc2O)CC1. The Morgan fingerprint density at radius 2 is 1.81 bits per heavy atom. The molecule has 4 nitrogen and oxygen atoms in total. The van der Waals surface area contributed by atoms with E-state index >= 15 is 0 Å². The summed E-state index contributed by atoms with van der Waals surface area (Å²) in [6.45, 7) is 4.71. The van der Waals surface area contributed by atoms with Crippen LogP contribution in [0.1, 0.15) is 45.1 Å². The summed E-state index contributed by atoms with van der Waals surface area (Å²) in [5.41, 5.74) is 0.0995. The highest BCUT2D eigenvalue weighted by Gasteiger charge is 2.36. The molecule has 1 aromatic rings. The predicted octanol–water partition coefficient (Wildman–Crippen LogP) is 2.38. The monoisotopic (exact) mass is 291 g/mol. The highest BCUT2D eigenvalue weighted by Crippen LogP contribution is 2.39. The van der Waals surface area contributed by atoms with Gasteiger partial charge in [0.1, 0.15) is 5.75 Å². The maximum absolute atomic E-state index is 11.9. The smallest absolute Gasteiger partial charge is 0.224 e. The molecule has 0 heterocycles. The second-order valence-electron chi connectivity index (χ2n) is 6.97. The van der Waals surface area contributed by atoms with E-state index in [1.165, 1.54) is 0 Å². The molecule has 4 heteroatoms. The van der Waals surface area contributed by atoms with Crippen LogP contribution < -0.4 is 5.32 Å². The van der Waals surface area contributed by atoms with Gasteiger partial charge in [-0.05, 0) is 37.2 Å². The Hall–Kier alpha value is -1.55. The van der Waals surface area contributed by atoms with Gasteiger partial charge in [-0.2, -0.15) is 0 Å². The molecule has 1 saturated carbocycles. The number of benzene rings is 1. The molecule has 1 aliphatic rings. The Kier molecular flexibility index (Phi) is 4.57. The lowest BCUT2D eigenvalue weighted by molar-refractivity contribution is -0.122. The number of phenolic OH excluding ortho intramolecular Hbond substituents is 1. The van der Waals surface area contributed by atoms with Crippen LogP contribution in [-0.4, -0.2) is 28.3 Å². The van der Waals surface area contributed by atoms with Gasteiger partial charge in [0, 0.05) is 12.1 Å². The molecule has 0 saturated heterocycles. The fourth-order valence-electron chi connectivity index (χ4n) is 2.73. The topological polar surface area (TPSA) is 69.6 Å². The normalized spacial score (nSPS) is 20.0. The fourth-order valence-corrected chi connectivity index (χ4v) is 2.73. The third-order valence-electron chi connectivity index (χ3n) is 4.49. The lowest BCUT2D eigenvalue weighted by Gasteiger charge is -2.40. The number of para-hydroxylation sites is 1. The molecule has 1 aliphatic carbocycles. The van der Waals surface area contributed by atoms with Crippen molar-refractivity contribution in [3.05, 3.63) is 29.8 Å². The maximum Gasteiger partial charge on any atom is 0.224 e. The van der Waals surface area contributed by atoms with Gasteiger partial charge in [0.15, 0.2) is 0 Å². The van der Waals surface area contributed by atoms with Gasteiger partial charge >= 0.3 is 0 Å². The molecule has 2 rings (SSSR count). The highest BCUT2D eigenvalue weighted by molar-refractivity contribution is 5.79. The van der Waals surface area contributed by atoms with E-state index < -0.39 is 5.60 Å². The van der Waals surface area contributed by atoms with Crippen molar-refractivity contribution < 1.29 is 15.0 Å². The molecular formula is C17H25NO3. The zero-order valence-corrected chi connectivity index (χ0v) is 12.9. The van der Waals surface area contributed by atoms with Gasteiger partial charge in [0.2, 0.25) is 5.91 Å². The lowest BCUT2D eigenvalue weighted by Crippen LogP contribution is -2.46. The number of amides is 1. The second kappa shape index (κ2) is 6.06. The molecule has 0 bridgehead atoms. The summed E-state index contributed by atoms with van der Waals surface area (Å²) < 4.78 is 0. The van der Waals surface area contributed by atoms with Crippen molar-refractivity contribution in [2.75, 3.05) is 6.54 Å². The molecule has 0 radical (unpaired) electrons. The maximum atomic E-state index is 11.9. The number of carbonyl (C=O) groups is 1. The summed E-state index contributed by atoms with van der Waals surface area (Å²) in [5.74, 6) is -0.0412. The summed E-state index contributed by atoms with van der Waals surface area (Å²) in [6, 6.07) is 6.81. The van der Waals surface area contributed by atoms with Gasteiger partial charge < -0.3 is 15.5 Å². The van der Waals surface area contributed by atoms with Crippen molar-refractivity contribution in [2.24, 2.45) is 5.41 Å². The van der Waals surface area contributed by atoms with Crippen LogP contribution in [0.4, 0.5) is 0 Å². The van der Waals surface area contributed by atoms with Crippen molar-refractivity contribution in [1.82, 2.24) is 5.32 Å². The summed E-state index contributed by atoms with van der Waals surface area (Å²) in [7, 11) is 0. The quantitative estimate of drug-likeness (QED) is 0.797. The van der Waals surface area contributed by atoms with Gasteiger partial charge in [0.25, 0.3) is 0 Å². The van der Waals surface area contributed by atoms with E-state index in [1.54, 1.807) is 24.3 Å². The molecule has 1 aromatic carbocycles. The molecule has 0 aromatic heterocycles. The Labute approximate surface area is 126 Å². The molecular weight excluding hydrogens is 266 g/mol. The van der Waals surface area contributed by atoms with Crippen molar-refractivity contribution in [1.29, 1.82) is 0 Å². The van der Waals surface area contributed by atoms with Crippen molar-refractivity contribution >= 4 is 5.91 Å². The Bertz CT molecular complexity index is 501. The first kappa shape index (κ1) is 15.8. The van der Waals surface area contributed by atoms with Gasteiger partial charge in [-0.1, -0.05) is 32.0 Å². The number of nitrogens with one attached hydrogen (secondary N) is 1. The van der Waals surface area contributed by atoms with E-state index in [9.17, 15) is 15.0 Å². The number of hydrogen-bond acceptors (Lipinski definition) is 3. The average Bonchev–Trinajstić information content (AvgIpc) is 2.43. The molecule has 3 N–H and O–H groups in total. The third-order valence-corrected chi connectivity index (χ3v) is 4.49. The minimum Gasteiger partial charge on any atom is -0.508 e. The number of aromatic hydroxyl groups is 1. The number of aliphatic hydroxyl groups is 1. The molecule has 0 unspecified atom stereocenters. The van der Waals surface area contributed by atoms with Gasteiger partial charge in [-0.15, -0.1) is 0 Å². The standard InChI is InChI=1S/C17H25NO3/c1-16(2)7-9-17(21,10-8-16)12-18-15(20)11-13-5-3-4-6-14(13)19/h3-6,19,21H,7-12H2,1-2H3,(H,18,20). The van der Waals surface area contributed by atoms with E-state index in [0.29, 0.717) is 5.56 Å². The number of hydrogen-bond donors (Lipinski definition) is 3. The zero-order chi connectivity index (χ0) is 15.5. The van der Waals surface area contributed by atoms with Gasteiger partial charge in [-0.3, -0.25) is 4.79 Å². The van der Waals surface area contributed by atoms with Gasteiger partial charge in [0.05, 0.1) is 12.0 Å². The van der Waals surface area contributed by atoms with Gasteiger partial charge in [-0.25, -0.2) is 0 Å². The first-order chi connectivity index (χ1) is 9.80. The first-order valence-corrected chi connectivity index (χ1v) is 7.56. The van der Waals surface area contributed by atoms with Crippen LogP contribution in [0.5, 0.6) is 5.75 Å². The molecule has 0 atom stereocenters. The van der Waals surface area contributed by atoms with Crippen LogP contribution in [0.2, 0.25) is 0 Å². The average molecular weight is 291 g/mol. The highest BCUT2D eigenvalue weighted by atomic mass is 16.3. The van der Waals surface area contributed by atoms with E-state index in [2.05, 4.69) is 19.2 Å². The summed E-state index contributed by atoms with van der Waals surface area (Å²) in [4.78, 5) is 11.9. The summed E-state index contributed by atoms with van der Waals surface area (Å²) >= 11 is 0. The van der Waals surface area contributed by atoms with Crippen LogP contribution in [0.3, 0.4) is 0 Å². The Morgan fingerprint density at radius 3 is 2.43 bits per heavy atom. The summed E-state index contributed by atoms with van der Waals surface area (Å²) in [6.07, 6.45) is 3.51. The molecule has 0 spiro atoms. The van der Waals surface area contributed by atoms with Crippen LogP contribution in [0.15, 0.2) is 24.3 Å². The van der Waals surface area contributed by atoms with Crippen molar-refractivity contribution in [3.63, 3.8) is 0 Å². The van der Waals surface area contributed by atoms with Crippen LogP contribution >= 0.6 is 0 Å². The molecule has 0 aliphatic heterocycles. The molecule has 1 amide bonds. The molecule has 1 fully saturated rings. The molecule has 116 valence electrons. The number of phenols is 1. The Morgan fingerprint density at radius 1 is 1.19 bits per heavy atom. The fraction of sp³-hybridized carbons (Fsp3) is 0.588. The van der Waals surface area contributed by atoms with E-state index in [1.807, 2.05) is 0 Å². The number of carbonyl (C=O) groups excluding carboxylic acids is 1. The number of rotatable bonds is 4. The van der Waals surface area contributed by atoms with E-state index in [-0.39, 0.29) is 30.0 Å². The van der Waals surface area contributed by atoms with Crippen LogP contribution in [0, 0.1) is 5.41 Å². The first-order valence-electron chi connectivity index (χ1n) is 7.56. The largest absolute Gasteiger partial charge is 0.508 e. The zero-order valence-electron chi connectivity index (χ0n) is 12.9. The van der Waals surface area contributed by atoms with Crippen LogP contribution in [0.25, 0.3) is 0 Å². The summed E-state index contributed by atoms with van der Waals surface area (Å²) in [5, 5.41) is 23.0. The molecule has 21 heavy (non-hydrogen) atoms. The van der Waals surface area contributed by atoms with E-state index in [0.717, 1.165) is 25.7 Å².